The molecule has 0 unspecified atom stereocenters. The van der Waals surface area contributed by atoms with Crippen molar-refractivity contribution >= 4 is 5.82 Å². The largest absolute Gasteiger partial charge is 0.479 e. The second kappa shape index (κ2) is 5.39. The quantitative estimate of drug-likeness (QED) is 0.877. The SMILES string of the molecule is CCCc1c(N)ncnc1-c1nccnc1OC. The summed E-state index contributed by atoms with van der Waals surface area (Å²) in [5.74, 6) is 0.919. The van der Waals surface area contributed by atoms with Crippen molar-refractivity contribution in [1.29, 1.82) is 0 Å². The zero-order valence-corrected chi connectivity index (χ0v) is 10.4. The molecule has 0 aliphatic rings. The van der Waals surface area contributed by atoms with Gasteiger partial charge >= 0.3 is 0 Å². The van der Waals surface area contributed by atoms with Gasteiger partial charge in [-0.05, 0) is 6.42 Å². The maximum Gasteiger partial charge on any atom is 0.241 e. The molecule has 0 fully saturated rings. The molecule has 0 spiro atoms. The van der Waals surface area contributed by atoms with Crippen LogP contribution >= 0.6 is 0 Å². The summed E-state index contributed by atoms with van der Waals surface area (Å²) >= 11 is 0. The van der Waals surface area contributed by atoms with Crippen LogP contribution in [0, 0.1) is 0 Å². The van der Waals surface area contributed by atoms with Crippen LogP contribution in [0.5, 0.6) is 5.88 Å². The van der Waals surface area contributed by atoms with E-state index in [1.165, 1.54) is 6.33 Å². The highest BCUT2D eigenvalue weighted by Gasteiger charge is 2.16. The van der Waals surface area contributed by atoms with E-state index in [0.717, 1.165) is 18.4 Å². The first-order valence-corrected chi connectivity index (χ1v) is 5.72. The van der Waals surface area contributed by atoms with Crippen LogP contribution in [0.1, 0.15) is 18.9 Å². The number of nitrogens with zero attached hydrogens (tertiary/aromatic N) is 4. The molecule has 0 atom stereocenters. The molecule has 0 aromatic carbocycles. The number of anilines is 1. The van der Waals surface area contributed by atoms with Gasteiger partial charge in [-0.25, -0.2) is 19.9 Å². The lowest BCUT2D eigenvalue weighted by Gasteiger charge is -2.10. The number of aromatic nitrogens is 4. The maximum atomic E-state index is 5.90. The van der Waals surface area contributed by atoms with Crippen molar-refractivity contribution in [3.8, 4) is 17.3 Å². The fourth-order valence-electron chi connectivity index (χ4n) is 1.76. The molecule has 0 aliphatic heterocycles. The molecule has 6 heteroatoms. The Morgan fingerprint density at radius 3 is 2.61 bits per heavy atom. The maximum absolute atomic E-state index is 5.90. The van der Waals surface area contributed by atoms with Gasteiger partial charge in [-0.15, -0.1) is 0 Å². The molecular weight excluding hydrogens is 230 g/mol. The Hall–Kier alpha value is -2.24. The van der Waals surface area contributed by atoms with E-state index in [4.69, 9.17) is 10.5 Å². The zero-order valence-electron chi connectivity index (χ0n) is 10.4. The van der Waals surface area contributed by atoms with Crippen molar-refractivity contribution < 1.29 is 4.74 Å². The number of rotatable bonds is 4. The highest BCUT2D eigenvalue weighted by Crippen LogP contribution is 2.28. The van der Waals surface area contributed by atoms with Crippen molar-refractivity contribution in [1.82, 2.24) is 19.9 Å². The minimum Gasteiger partial charge on any atom is -0.479 e. The van der Waals surface area contributed by atoms with Crippen LogP contribution in [0.4, 0.5) is 5.82 Å². The second-order valence-corrected chi connectivity index (χ2v) is 3.75. The van der Waals surface area contributed by atoms with E-state index in [0.29, 0.717) is 23.1 Å². The summed E-state index contributed by atoms with van der Waals surface area (Å²) in [5, 5.41) is 0. The third-order valence-corrected chi connectivity index (χ3v) is 2.56. The molecule has 0 radical (unpaired) electrons. The normalized spacial score (nSPS) is 10.3. The van der Waals surface area contributed by atoms with E-state index in [1.807, 2.05) is 0 Å². The van der Waals surface area contributed by atoms with E-state index >= 15 is 0 Å². The monoisotopic (exact) mass is 245 g/mol. The van der Waals surface area contributed by atoms with Gasteiger partial charge in [0.05, 0.1) is 7.11 Å². The molecule has 94 valence electrons. The predicted octanol–water partition coefficient (Wildman–Crippen LogP) is 1.48. The molecule has 2 N–H and O–H groups in total. The summed E-state index contributed by atoms with van der Waals surface area (Å²) in [7, 11) is 1.55. The summed E-state index contributed by atoms with van der Waals surface area (Å²) in [5.41, 5.74) is 8.07. The van der Waals surface area contributed by atoms with Crippen molar-refractivity contribution in [3.05, 3.63) is 24.3 Å². The van der Waals surface area contributed by atoms with E-state index < -0.39 is 0 Å². The number of methoxy groups -OCH3 is 1. The molecule has 2 aromatic heterocycles. The first kappa shape index (κ1) is 12.2. The lowest BCUT2D eigenvalue weighted by Crippen LogP contribution is -2.04. The summed E-state index contributed by atoms with van der Waals surface area (Å²) in [4.78, 5) is 16.7. The molecule has 0 bridgehead atoms. The summed E-state index contributed by atoms with van der Waals surface area (Å²) in [6.07, 6.45) is 6.35. The van der Waals surface area contributed by atoms with Gasteiger partial charge in [-0.1, -0.05) is 13.3 Å². The predicted molar refractivity (Wildman–Crippen MR) is 68.0 cm³/mol. The molecule has 6 nitrogen and oxygen atoms in total. The number of ether oxygens (including phenoxy) is 1. The average Bonchev–Trinajstić information content (AvgIpc) is 2.41. The Morgan fingerprint density at radius 2 is 1.89 bits per heavy atom. The second-order valence-electron chi connectivity index (χ2n) is 3.75. The standard InChI is InChI=1S/C12H15N5O/c1-3-4-8-9(16-7-17-11(8)13)10-12(18-2)15-6-5-14-10/h5-7H,3-4H2,1-2H3,(H2,13,16,17). The Balaban J connectivity index is 2.59. The Bertz CT molecular complexity index is 544. The smallest absolute Gasteiger partial charge is 0.241 e. The van der Waals surface area contributed by atoms with Crippen LogP contribution in [0.25, 0.3) is 11.4 Å². The lowest BCUT2D eigenvalue weighted by molar-refractivity contribution is 0.397. The average molecular weight is 245 g/mol. The molecule has 0 aliphatic carbocycles. The minimum atomic E-state index is 0.438. The molecule has 0 saturated heterocycles. The van der Waals surface area contributed by atoms with Gasteiger partial charge < -0.3 is 10.5 Å². The number of nitrogens with two attached hydrogens (primary N) is 1. The number of nitrogen functional groups attached to an aromatic ring is 1. The summed E-state index contributed by atoms with van der Waals surface area (Å²) in [6.45, 7) is 2.07. The third-order valence-electron chi connectivity index (χ3n) is 2.56. The van der Waals surface area contributed by atoms with Gasteiger partial charge in [-0.2, -0.15) is 0 Å². The number of hydrogen-bond acceptors (Lipinski definition) is 6. The Kier molecular flexibility index (Phi) is 3.66. The molecule has 0 saturated carbocycles. The zero-order chi connectivity index (χ0) is 13.0. The highest BCUT2D eigenvalue weighted by molar-refractivity contribution is 5.67. The molecule has 2 aromatic rings. The van der Waals surface area contributed by atoms with Crippen LogP contribution in [0.3, 0.4) is 0 Å². The molecule has 18 heavy (non-hydrogen) atoms. The Labute approximate surface area is 105 Å². The first-order chi connectivity index (χ1) is 8.77. The fourth-order valence-corrected chi connectivity index (χ4v) is 1.76. The van der Waals surface area contributed by atoms with Gasteiger partial charge in [0.1, 0.15) is 17.8 Å². The fraction of sp³-hybridized carbons (Fsp3) is 0.333. The van der Waals surface area contributed by atoms with Gasteiger partial charge in [0.2, 0.25) is 5.88 Å². The van der Waals surface area contributed by atoms with E-state index in [-0.39, 0.29) is 0 Å². The van der Waals surface area contributed by atoms with Crippen molar-refractivity contribution in [2.75, 3.05) is 12.8 Å². The van der Waals surface area contributed by atoms with E-state index in [2.05, 4.69) is 26.9 Å². The summed E-state index contributed by atoms with van der Waals surface area (Å²) in [6, 6.07) is 0. The van der Waals surface area contributed by atoms with Crippen molar-refractivity contribution in [3.63, 3.8) is 0 Å². The number of hydrogen-bond donors (Lipinski definition) is 1. The Morgan fingerprint density at radius 1 is 1.11 bits per heavy atom. The molecule has 2 rings (SSSR count). The van der Waals surface area contributed by atoms with Crippen LogP contribution in [0.2, 0.25) is 0 Å². The van der Waals surface area contributed by atoms with Crippen LogP contribution < -0.4 is 10.5 Å². The van der Waals surface area contributed by atoms with Crippen LogP contribution in [-0.2, 0) is 6.42 Å². The molecular formula is C12H15N5O. The third kappa shape index (κ3) is 2.22. The summed E-state index contributed by atoms with van der Waals surface area (Å²) < 4.78 is 5.20. The van der Waals surface area contributed by atoms with Gasteiger partial charge in [-0.3, -0.25) is 0 Å². The topological polar surface area (TPSA) is 86.8 Å². The van der Waals surface area contributed by atoms with Gasteiger partial charge in [0, 0.05) is 18.0 Å². The van der Waals surface area contributed by atoms with Crippen molar-refractivity contribution in [2.45, 2.75) is 19.8 Å². The lowest BCUT2D eigenvalue weighted by atomic mass is 10.1. The molecule has 2 heterocycles. The first-order valence-electron chi connectivity index (χ1n) is 5.72. The minimum absolute atomic E-state index is 0.438. The van der Waals surface area contributed by atoms with Crippen molar-refractivity contribution in [2.24, 2.45) is 0 Å². The van der Waals surface area contributed by atoms with Gasteiger partial charge in [0.15, 0.2) is 5.69 Å². The highest BCUT2D eigenvalue weighted by atomic mass is 16.5. The van der Waals surface area contributed by atoms with E-state index in [9.17, 15) is 0 Å². The molecule has 0 amide bonds. The van der Waals surface area contributed by atoms with Crippen LogP contribution in [-0.4, -0.2) is 27.0 Å². The van der Waals surface area contributed by atoms with E-state index in [1.54, 1.807) is 19.5 Å². The van der Waals surface area contributed by atoms with Crippen LogP contribution in [0.15, 0.2) is 18.7 Å². The van der Waals surface area contributed by atoms with Gasteiger partial charge in [0.25, 0.3) is 0 Å².